The highest BCUT2D eigenvalue weighted by molar-refractivity contribution is 5.88. The minimum absolute atomic E-state index is 0.0228. The molecule has 1 aliphatic rings. The molecule has 0 saturated heterocycles. The van der Waals surface area contributed by atoms with Crippen LogP contribution in [0.25, 0.3) is 22.3 Å². The number of benzene rings is 4. The highest BCUT2D eigenvalue weighted by Crippen LogP contribution is 2.52. The van der Waals surface area contributed by atoms with Gasteiger partial charge >= 0.3 is 0 Å². The van der Waals surface area contributed by atoms with Crippen LogP contribution in [0.15, 0.2) is 84.9 Å². The molecule has 1 aliphatic carbocycles. The van der Waals surface area contributed by atoms with Gasteiger partial charge < -0.3 is 4.90 Å². The van der Waals surface area contributed by atoms with E-state index >= 15 is 0 Å². The van der Waals surface area contributed by atoms with Gasteiger partial charge in [-0.15, -0.1) is 0 Å². The summed E-state index contributed by atoms with van der Waals surface area (Å²) in [5.41, 5.74) is 13.3. The first kappa shape index (κ1) is 22.5. The van der Waals surface area contributed by atoms with Crippen LogP contribution in [-0.2, 0) is 5.41 Å². The zero-order chi connectivity index (χ0) is 24.3. The van der Waals surface area contributed by atoms with Gasteiger partial charge in [0.2, 0.25) is 0 Å². The molecule has 0 bridgehead atoms. The van der Waals surface area contributed by atoms with Crippen molar-refractivity contribution in [3.05, 3.63) is 107 Å². The van der Waals surface area contributed by atoms with Crippen LogP contribution in [0.3, 0.4) is 0 Å². The molecule has 0 N–H and O–H groups in total. The number of rotatable bonds is 3. The van der Waals surface area contributed by atoms with E-state index in [9.17, 15) is 0 Å². The molecule has 34 heavy (non-hydrogen) atoms. The summed E-state index contributed by atoms with van der Waals surface area (Å²) in [5, 5.41) is 0. The summed E-state index contributed by atoms with van der Waals surface area (Å²) in [7, 11) is 0. The van der Waals surface area contributed by atoms with Gasteiger partial charge in [0.15, 0.2) is 0 Å². The Morgan fingerprint density at radius 3 is 1.97 bits per heavy atom. The molecule has 5 rings (SSSR count). The molecule has 4 aromatic carbocycles. The SMILES string of the molecule is Cc1cc(-c2ccccc2)ccc1N(c1ccc2c(c1C)-c1ccccc1C2(C)C)C(C)(C)C. The lowest BCUT2D eigenvalue weighted by molar-refractivity contribution is 0.558. The summed E-state index contributed by atoms with van der Waals surface area (Å²) >= 11 is 0. The zero-order valence-corrected chi connectivity index (χ0v) is 21.5. The molecule has 1 heteroatoms. The van der Waals surface area contributed by atoms with E-state index in [1.165, 1.54) is 55.9 Å². The van der Waals surface area contributed by atoms with E-state index in [0.29, 0.717) is 0 Å². The molecule has 0 heterocycles. The fourth-order valence-electron chi connectivity index (χ4n) is 5.77. The average Bonchev–Trinajstić information content (AvgIpc) is 3.04. The van der Waals surface area contributed by atoms with Gasteiger partial charge in [-0.1, -0.05) is 80.6 Å². The number of anilines is 2. The summed E-state index contributed by atoms with van der Waals surface area (Å²) in [6, 6.07) is 31.2. The smallest absolute Gasteiger partial charge is 0.0451 e. The van der Waals surface area contributed by atoms with Crippen molar-refractivity contribution >= 4 is 11.4 Å². The van der Waals surface area contributed by atoms with E-state index in [0.717, 1.165) is 0 Å². The normalized spacial score (nSPS) is 14.0. The van der Waals surface area contributed by atoms with Crippen molar-refractivity contribution in [3.63, 3.8) is 0 Å². The molecule has 172 valence electrons. The van der Waals surface area contributed by atoms with Gasteiger partial charge in [-0.05, 0) is 97.3 Å². The van der Waals surface area contributed by atoms with Crippen molar-refractivity contribution < 1.29 is 0 Å². The minimum Gasteiger partial charge on any atom is -0.336 e. The lowest BCUT2D eigenvalue weighted by atomic mass is 9.82. The average molecular weight is 446 g/mol. The third-order valence-corrected chi connectivity index (χ3v) is 7.44. The summed E-state index contributed by atoms with van der Waals surface area (Å²) in [5.74, 6) is 0. The molecule has 0 amide bonds. The first-order valence-electron chi connectivity index (χ1n) is 12.3. The summed E-state index contributed by atoms with van der Waals surface area (Å²) in [4.78, 5) is 2.53. The quantitative estimate of drug-likeness (QED) is 0.304. The predicted molar refractivity (Wildman–Crippen MR) is 147 cm³/mol. The van der Waals surface area contributed by atoms with E-state index in [4.69, 9.17) is 0 Å². The Morgan fingerprint density at radius 2 is 1.29 bits per heavy atom. The van der Waals surface area contributed by atoms with E-state index in [2.05, 4.69) is 138 Å². The summed E-state index contributed by atoms with van der Waals surface area (Å²) in [6.45, 7) is 16.2. The van der Waals surface area contributed by atoms with Crippen LogP contribution in [0.2, 0.25) is 0 Å². The van der Waals surface area contributed by atoms with Crippen molar-refractivity contribution in [1.29, 1.82) is 0 Å². The molecule has 0 atom stereocenters. The van der Waals surface area contributed by atoms with Crippen LogP contribution in [0.1, 0.15) is 56.9 Å². The fraction of sp³-hybridized carbons (Fsp3) is 0.273. The van der Waals surface area contributed by atoms with Gasteiger partial charge in [-0.25, -0.2) is 0 Å². The topological polar surface area (TPSA) is 3.24 Å². The standard InChI is InChI=1S/C33H35N/c1-22-21-25(24-13-9-8-10-14-24)17-19-29(22)34(32(3,4)5)30-20-18-28-31(23(30)2)26-15-11-12-16-27(26)33(28,6)7/h8-21H,1-7H3. The van der Waals surface area contributed by atoms with Crippen molar-refractivity contribution in [3.8, 4) is 22.3 Å². The number of fused-ring (bicyclic) bond motifs is 3. The lowest BCUT2D eigenvalue weighted by Crippen LogP contribution is -2.38. The molecule has 0 unspecified atom stereocenters. The Bertz CT molecular complexity index is 1370. The monoisotopic (exact) mass is 445 g/mol. The van der Waals surface area contributed by atoms with Crippen molar-refractivity contribution in [2.24, 2.45) is 0 Å². The van der Waals surface area contributed by atoms with Gasteiger partial charge in [-0.3, -0.25) is 0 Å². The molecule has 0 radical (unpaired) electrons. The summed E-state index contributed by atoms with van der Waals surface area (Å²) < 4.78 is 0. The van der Waals surface area contributed by atoms with E-state index in [1.807, 2.05) is 0 Å². The maximum absolute atomic E-state index is 2.53. The van der Waals surface area contributed by atoms with E-state index in [1.54, 1.807) is 0 Å². The van der Waals surface area contributed by atoms with Gasteiger partial charge in [0, 0.05) is 22.3 Å². The summed E-state index contributed by atoms with van der Waals surface area (Å²) in [6.07, 6.45) is 0. The number of hydrogen-bond acceptors (Lipinski definition) is 1. The highest BCUT2D eigenvalue weighted by Gasteiger charge is 2.37. The molecular weight excluding hydrogens is 410 g/mol. The van der Waals surface area contributed by atoms with Crippen LogP contribution in [0.4, 0.5) is 11.4 Å². The Hall–Kier alpha value is -3.32. The van der Waals surface area contributed by atoms with Crippen LogP contribution in [-0.4, -0.2) is 5.54 Å². The Kier molecular flexibility index (Phi) is 5.20. The molecule has 0 spiro atoms. The second-order valence-electron chi connectivity index (χ2n) is 11.2. The van der Waals surface area contributed by atoms with Crippen molar-refractivity contribution in [2.75, 3.05) is 4.90 Å². The zero-order valence-electron chi connectivity index (χ0n) is 21.5. The van der Waals surface area contributed by atoms with E-state index < -0.39 is 0 Å². The maximum atomic E-state index is 2.53. The van der Waals surface area contributed by atoms with Crippen LogP contribution in [0, 0.1) is 13.8 Å². The third-order valence-electron chi connectivity index (χ3n) is 7.44. The largest absolute Gasteiger partial charge is 0.336 e. The predicted octanol–water partition coefficient (Wildman–Crippen LogP) is 9.21. The first-order valence-corrected chi connectivity index (χ1v) is 12.3. The van der Waals surface area contributed by atoms with E-state index in [-0.39, 0.29) is 11.0 Å². The molecule has 4 aromatic rings. The molecule has 0 aromatic heterocycles. The van der Waals surface area contributed by atoms with Crippen molar-refractivity contribution in [1.82, 2.24) is 0 Å². The van der Waals surface area contributed by atoms with Crippen LogP contribution in [0.5, 0.6) is 0 Å². The second kappa shape index (κ2) is 7.87. The van der Waals surface area contributed by atoms with Crippen LogP contribution < -0.4 is 4.90 Å². The molecule has 0 fully saturated rings. The Labute approximate surface area is 205 Å². The maximum Gasteiger partial charge on any atom is 0.0451 e. The Balaban J connectivity index is 1.68. The number of hydrogen-bond donors (Lipinski definition) is 0. The molecule has 1 nitrogen and oxygen atoms in total. The number of aryl methyl sites for hydroxylation is 1. The van der Waals surface area contributed by atoms with Gasteiger partial charge in [-0.2, -0.15) is 0 Å². The highest BCUT2D eigenvalue weighted by atomic mass is 15.2. The lowest BCUT2D eigenvalue weighted by Gasteiger charge is -2.40. The molecular formula is C33H35N. The fourth-order valence-corrected chi connectivity index (χ4v) is 5.77. The molecule has 0 aliphatic heterocycles. The third kappa shape index (κ3) is 3.46. The van der Waals surface area contributed by atoms with Gasteiger partial charge in [0.1, 0.15) is 0 Å². The van der Waals surface area contributed by atoms with Crippen molar-refractivity contribution in [2.45, 2.75) is 59.4 Å². The van der Waals surface area contributed by atoms with Gasteiger partial charge in [0.25, 0.3) is 0 Å². The minimum atomic E-state index is -0.0777. The van der Waals surface area contributed by atoms with Crippen LogP contribution >= 0.6 is 0 Å². The van der Waals surface area contributed by atoms with Gasteiger partial charge in [0.05, 0.1) is 0 Å². The second-order valence-corrected chi connectivity index (χ2v) is 11.2. The first-order chi connectivity index (χ1) is 16.1. The Morgan fingerprint density at radius 1 is 0.647 bits per heavy atom. The number of nitrogens with zero attached hydrogens (tertiary/aromatic N) is 1. The molecule has 0 saturated carbocycles.